The maximum absolute atomic E-state index is 13.1. The quantitative estimate of drug-likeness (QED) is 0.197. The van der Waals surface area contributed by atoms with E-state index in [-0.39, 0.29) is 35.2 Å². The highest BCUT2D eigenvalue weighted by molar-refractivity contribution is 5.83. The van der Waals surface area contributed by atoms with E-state index in [4.69, 9.17) is 4.98 Å². The fourth-order valence-electron chi connectivity index (χ4n) is 4.34. The number of nitrogens with zero attached hydrogens (tertiary/aromatic N) is 5. The smallest absolute Gasteiger partial charge is 0.371 e. The number of fused-ring (bicyclic) bond motifs is 1. The zero-order valence-corrected chi connectivity index (χ0v) is 22.6. The third-order valence-corrected chi connectivity index (χ3v) is 6.63. The Hall–Kier alpha value is -3.48. The van der Waals surface area contributed by atoms with Crippen LogP contribution >= 0.6 is 0 Å². The molecule has 3 heterocycles. The van der Waals surface area contributed by atoms with Gasteiger partial charge in [0.1, 0.15) is 18.1 Å². The van der Waals surface area contributed by atoms with Crippen LogP contribution in [-0.4, -0.2) is 83.0 Å². The number of hydrogen-bond acceptors (Lipinski definition) is 8. The molecule has 1 amide bonds. The van der Waals surface area contributed by atoms with Crippen molar-refractivity contribution in [1.82, 2.24) is 19.8 Å². The number of anilines is 2. The fourth-order valence-corrected chi connectivity index (χ4v) is 4.34. The van der Waals surface area contributed by atoms with Crippen LogP contribution in [0.15, 0.2) is 24.4 Å². The summed E-state index contributed by atoms with van der Waals surface area (Å²) in [6.45, 7) is 3.34. The molecule has 1 unspecified atom stereocenters. The Morgan fingerprint density at radius 3 is 2.67 bits per heavy atom. The van der Waals surface area contributed by atoms with Crippen LogP contribution in [0, 0.1) is 0 Å². The number of amides is 1. The molecule has 39 heavy (non-hydrogen) atoms. The molecule has 0 aliphatic carbocycles. The van der Waals surface area contributed by atoms with Crippen LogP contribution in [0.5, 0.6) is 0 Å². The number of alkyl halides is 3. The zero-order chi connectivity index (χ0) is 28.6. The number of nitrogens with one attached hydrogen (secondary N) is 2. The third-order valence-electron chi connectivity index (χ3n) is 6.63. The van der Waals surface area contributed by atoms with Crippen LogP contribution < -0.4 is 15.4 Å². The van der Waals surface area contributed by atoms with Crippen molar-refractivity contribution >= 4 is 23.3 Å². The molecule has 10 nitrogen and oxygen atoms in total. The fraction of sp³-hybridized carbons (Fsp3) is 0.577. The lowest BCUT2D eigenvalue weighted by atomic mass is 10.1. The van der Waals surface area contributed by atoms with Crippen molar-refractivity contribution < 1.29 is 32.7 Å². The first-order valence-electron chi connectivity index (χ1n) is 13.1. The summed E-state index contributed by atoms with van der Waals surface area (Å²) in [6, 6.07) is 4.45. The molecule has 0 spiro atoms. The second-order valence-corrected chi connectivity index (χ2v) is 9.92. The number of carbonyl (C=O) groups is 2. The molecule has 2 aromatic rings. The molecule has 214 valence electrons. The lowest BCUT2D eigenvalue weighted by molar-refractivity contribution is -0.906. The zero-order valence-electron chi connectivity index (χ0n) is 22.6. The number of Topliss-reactive ketones (excluding diaryl/α,β-unsaturated/α-hetero) is 1. The summed E-state index contributed by atoms with van der Waals surface area (Å²) in [7, 11) is 3.33. The number of ketones is 1. The predicted molar refractivity (Wildman–Crippen MR) is 138 cm³/mol. The van der Waals surface area contributed by atoms with E-state index in [1.807, 2.05) is 4.90 Å². The highest BCUT2D eigenvalue weighted by Gasteiger charge is 2.43. The lowest BCUT2D eigenvalue weighted by Crippen LogP contribution is -2.46. The van der Waals surface area contributed by atoms with Crippen LogP contribution in [-0.2, 0) is 28.6 Å². The average Bonchev–Trinajstić information content (AvgIpc) is 2.88. The normalized spacial score (nSPS) is 13.9. The summed E-state index contributed by atoms with van der Waals surface area (Å²) in [4.78, 5) is 36.0. The molecule has 3 N–H and O–H groups in total. The van der Waals surface area contributed by atoms with Crippen LogP contribution in [0.25, 0.3) is 0 Å². The Balaban J connectivity index is 1.59. The van der Waals surface area contributed by atoms with Crippen LogP contribution in [0.1, 0.15) is 49.7 Å². The summed E-state index contributed by atoms with van der Waals surface area (Å²) in [6.07, 6.45) is 0.836. The van der Waals surface area contributed by atoms with Gasteiger partial charge in [0.15, 0.2) is 5.78 Å². The Kier molecular flexibility index (Phi) is 10.4. The maximum atomic E-state index is 13.1. The van der Waals surface area contributed by atoms with Crippen molar-refractivity contribution in [2.75, 3.05) is 50.9 Å². The van der Waals surface area contributed by atoms with Gasteiger partial charge in [-0.2, -0.15) is 13.2 Å². The number of halogens is 3. The molecule has 0 fully saturated rings. The van der Waals surface area contributed by atoms with Gasteiger partial charge >= 0.3 is 12.0 Å². The number of rotatable bonds is 13. The first-order valence-corrected chi connectivity index (χ1v) is 13.1. The van der Waals surface area contributed by atoms with Crippen molar-refractivity contribution in [3.63, 3.8) is 0 Å². The van der Waals surface area contributed by atoms with Gasteiger partial charge in [-0.15, -0.1) is 4.98 Å². The molecule has 0 aromatic carbocycles. The van der Waals surface area contributed by atoms with Crippen molar-refractivity contribution in [3.8, 4) is 0 Å². The van der Waals surface area contributed by atoms with Crippen molar-refractivity contribution in [2.45, 2.75) is 57.7 Å². The largest absolute Gasteiger partial charge is 0.485 e. The van der Waals surface area contributed by atoms with E-state index in [1.165, 1.54) is 17.4 Å². The van der Waals surface area contributed by atoms with Crippen molar-refractivity contribution in [2.24, 2.45) is 0 Å². The minimum Gasteiger partial charge on any atom is -0.371 e. The number of likely N-dealkylation sites (N-methyl/N-ethyl adjacent to an activating group) is 1. The van der Waals surface area contributed by atoms with Gasteiger partial charge in [0.25, 0.3) is 5.82 Å². The highest BCUT2D eigenvalue weighted by atomic mass is 19.4. The minimum absolute atomic E-state index is 0.0954. The number of hydrogen-bond donors (Lipinski definition) is 3. The number of aryl methyl sites for hydroxylation is 2. The summed E-state index contributed by atoms with van der Waals surface area (Å²) in [5.41, 5.74) is 2.24. The third kappa shape index (κ3) is 8.77. The lowest BCUT2D eigenvalue weighted by Gasteiger charge is -2.25. The van der Waals surface area contributed by atoms with Crippen molar-refractivity contribution in [3.05, 3.63) is 41.5 Å². The van der Waals surface area contributed by atoms with E-state index in [0.29, 0.717) is 13.1 Å². The second-order valence-electron chi connectivity index (χ2n) is 9.92. The van der Waals surface area contributed by atoms with Gasteiger partial charge in [-0.3, -0.25) is 19.8 Å². The first kappa shape index (κ1) is 30.1. The second kappa shape index (κ2) is 13.5. The molecule has 1 aliphatic rings. The Morgan fingerprint density at radius 1 is 1.21 bits per heavy atom. The standard InChI is InChI=1S/C26H36F3N7O3/c1-18(37)21(33-22-11-14-31-25(36(22)39)26(27,28)29)12-16-35(17-23(38)34(2)3)15-5-4-8-20-10-9-19-7-6-13-30-24(19)32-20/h9-11,14,21,39H,4-8,12-13,15-17H2,1-3H3,(H,30,32)/p+1. The molecule has 0 radical (unpaired) electrons. The monoisotopic (exact) mass is 552 g/mol. The van der Waals surface area contributed by atoms with Gasteiger partial charge in [0, 0.05) is 45.4 Å². The Morgan fingerprint density at radius 2 is 1.97 bits per heavy atom. The molecule has 3 rings (SSSR count). The number of aromatic nitrogens is 3. The topological polar surface area (TPSA) is 115 Å². The van der Waals surface area contributed by atoms with E-state index in [1.54, 1.807) is 14.1 Å². The number of unbranched alkanes of at least 4 members (excludes halogenated alkanes) is 1. The van der Waals surface area contributed by atoms with Gasteiger partial charge in [-0.25, -0.2) is 4.98 Å². The summed E-state index contributed by atoms with van der Waals surface area (Å²) >= 11 is 0. The van der Waals surface area contributed by atoms with E-state index in [2.05, 4.69) is 27.8 Å². The molecule has 1 aliphatic heterocycles. The van der Waals surface area contributed by atoms with E-state index < -0.39 is 18.0 Å². The van der Waals surface area contributed by atoms with E-state index >= 15 is 0 Å². The van der Waals surface area contributed by atoms with Gasteiger partial charge in [0.2, 0.25) is 5.91 Å². The van der Waals surface area contributed by atoms with Gasteiger partial charge < -0.3 is 15.4 Å². The van der Waals surface area contributed by atoms with E-state index in [0.717, 1.165) is 62.4 Å². The minimum atomic E-state index is -4.87. The summed E-state index contributed by atoms with van der Waals surface area (Å²) in [5, 5.41) is 16.0. The molecule has 0 saturated carbocycles. The van der Waals surface area contributed by atoms with Crippen molar-refractivity contribution in [1.29, 1.82) is 0 Å². The number of carbonyl (C=O) groups excluding carboxylic acids is 2. The molecule has 0 bridgehead atoms. The van der Waals surface area contributed by atoms with Crippen LogP contribution in [0.2, 0.25) is 0 Å². The summed E-state index contributed by atoms with van der Waals surface area (Å²) < 4.78 is 39.2. The predicted octanol–water partition coefficient (Wildman–Crippen LogP) is 2.55. The molecular formula is C26H37F3N7O3+. The Labute approximate surface area is 226 Å². The first-order chi connectivity index (χ1) is 18.5. The molecule has 1 atom stereocenters. The van der Waals surface area contributed by atoms with Gasteiger partial charge in [-0.05, 0) is 61.9 Å². The molecule has 2 aromatic heterocycles. The Bertz CT molecular complexity index is 1140. The van der Waals surface area contributed by atoms with Gasteiger partial charge in [0.05, 0.1) is 6.54 Å². The summed E-state index contributed by atoms with van der Waals surface area (Å²) in [5.74, 6) is -1.26. The van der Waals surface area contributed by atoms with Crippen LogP contribution in [0.3, 0.4) is 0 Å². The van der Waals surface area contributed by atoms with Gasteiger partial charge in [-0.1, -0.05) is 6.07 Å². The molecular weight excluding hydrogens is 515 g/mol. The molecule has 0 saturated heterocycles. The molecule has 13 heteroatoms. The SMILES string of the molecule is CC(=O)C(CCN(CCCCc1ccc2c(n1)NCCC2)CC(=O)N(C)C)Nc1ccnc(C(F)(F)F)[n+]1O. The van der Waals surface area contributed by atoms with E-state index in [9.17, 15) is 28.0 Å². The maximum Gasteiger partial charge on any atom is 0.485 e. The number of pyridine rings is 1. The average molecular weight is 553 g/mol. The van der Waals surface area contributed by atoms with Crippen LogP contribution in [0.4, 0.5) is 24.8 Å². The highest BCUT2D eigenvalue weighted by Crippen LogP contribution is 2.25.